The summed E-state index contributed by atoms with van der Waals surface area (Å²) in [6.45, 7) is 0.316. The molecule has 2 aromatic heterocycles. The summed E-state index contributed by atoms with van der Waals surface area (Å²) >= 11 is 0. The van der Waals surface area contributed by atoms with Crippen LogP contribution in [0.5, 0.6) is 0 Å². The van der Waals surface area contributed by atoms with E-state index in [4.69, 9.17) is 21.6 Å². The van der Waals surface area contributed by atoms with Gasteiger partial charge in [0.25, 0.3) is 5.85 Å². The highest BCUT2D eigenvalue weighted by Crippen LogP contribution is 2.29. The highest BCUT2D eigenvalue weighted by Gasteiger charge is 2.46. The van der Waals surface area contributed by atoms with Crippen LogP contribution in [-0.2, 0) is 23.8 Å². The van der Waals surface area contributed by atoms with E-state index in [0.29, 0.717) is 0 Å². The van der Waals surface area contributed by atoms with E-state index < -0.39 is 43.3 Å². The molecule has 2 rings (SSSR count). The Bertz CT molecular complexity index is 913. The molecule has 0 unspecified atom stereocenters. The minimum Gasteiger partial charge on any atom is -0.460 e. The molecule has 2 heterocycles. The average molecular weight is 395 g/mol. The minimum atomic E-state index is -2.98. The Hall–Kier alpha value is -3.30. The van der Waals surface area contributed by atoms with Gasteiger partial charge in [0, 0.05) is 13.8 Å². The zero-order valence-corrected chi connectivity index (χ0v) is 15.0. The summed E-state index contributed by atoms with van der Waals surface area (Å²) in [7, 11) is 0. The number of esters is 2. The summed E-state index contributed by atoms with van der Waals surface area (Å²) in [5.41, 5.74) is 6.04. The number of nitrogens with zero attached hydrogens (tertiary/aromatic N) is 4. The van der Waals surface area contributed by atoms with E-state index in [1.807, 2.05) is 5.92 Å². The second-order valence-corrected chi connectivity index (χ2v) is 5.56. The molecule has 0 aliphatic rings. The molecular formula is C16H18FN5O6. The number of nitrogens with two attached hydrogens (primary N) is 1. The first kappa shape index (κ1) is 21.0. The van der Waals surface area contributed by atoms with E-state index in [-0.39, 0.29) is 17.0 Å². The van der Waals surface area contributed by atoms with Crippen molar-refractivity contribution in [3.63, 3.8) is 0 Å². The Morgan fingerprint density at radius 2 is 2.11 bits per heavy atom. The third kappa shape index (κ3) is 4.51. The Kier molecular flexibility index (Phi) is 6.45. The Morgan fingerprint density at radius 3 is 2.68 bits per heavy atom. The van der Waals surface area contributed by atoms with E-state index >= 15 is 4.39 Å². The van der Waals surface area contributed by atoms with Gasteiger partial charge in [0.05, 0.1) is 12.9 Å². The number of aromatic nitrogens is 4. The molecule has 0 radical (unpaired) electrons. The van der Waals surface area contributed by atoms with Gasteiger partial charge in [-0.3, -0.25) is 14.2 Å². The number of rotatable bonds is 8. The minimum absolute atomic E-state index is 0.0632. The highest BCUT2D eigenvalue weighted by atomic mass is 19.2. The molecule has 0 spiro atoms. The van der Waals surface area contributed by atoms with Gasteiger partial charge in [0.1, 0.15) is 11.8 Å². The van der Waals surface area contributed by atoms with Crippen LogP contribution < -0.4 is 5.73 Å². The number of hydrogen-bond acceptors (Lipinski definition) is 10. The smallest absolute Gasteiger partial charge is 0.304 e. The van der Waals surface area contributed by atoms with Crippen LogP contribution in [0.1, 0.15) is 20.1 Å². The van der Waals surface area contributed by atoms with Gasteiger partial charge in [0.2, 0.25) is 6.10 Å². The summed E-state index contributed by atoms with van der Waals surface area (Å²) in [4.78, 5) is 34.1. The molecule has 11 nitrogen and oxygen atoms in total. The van der Waals surface area contributed by atoms with E-state index in [9.17, 15) is 14.7 Å². The average Bonchev–Trinajstić information content (AvgIpc) is 3.08. The second kappa shape index (κ2) is 8.59. The van der Waals surface area contributed by atoms with Crippen LogP contribution in [0, 0.1) is 12.3 Å². The van der Waals surface area contributed by atoms with Crippen molar-refractivity contribution >= 4 is 28.9 Å². The number of aliphatic hydroxyl groups is 1. The third-order valence-electron chi connectivity index (χ3n) is 3.48. The number of carbonyl (C=O) groups is 2. The molecule has 0 saturated carbocycles. The lowest BCUT2D eigenvalue weighted by molar-refractivity contribution is -0.265. The molecule has 3 atom stereocenters. The third-order valence-corrected chi connectivity index (χ3v) is 3.48. The van der Waals surface area contributed by atoms with Gasteiger partial charge in [-0.2, -0.15) is 0 Å². The predicted octanol–water partition coefficient (Wildman–Crippen LogP) is -0.290. The van der Waals surface area contributed by atoms with Crippen molar-refractivity contribution in [3.8, 4) is 12.3 Å². The van der Waals surface area contributed by atoms with Gasteiger partial charge in [-0.25, -0.2) is 19.3 Å². The number of ether oxygens (including phenoxy) is 3. The van der Waals surface area contributed by atoms with Crippen molar-refractivity contribution in [1.82, 2.24) is 19.5 Å². The molecule has 28 heavy (non-hydrogen) atoms. The summed E-state index contributed by atoms with van der Waals surface area (Å²) in [6, 6.07) is 0. The maximum absolute atomic E-state index is 15.6. The topological polar surface area (TPSA) is 152 Å². The first-order valence-electron chi connectivity index (χ1n) is 7.89. The molecular weight excluding hydrogens is 377 g/mol. The van der Waals surface area contributed by atoms with Gasteiger partial charge in [0.15, 0.2) is 24.3 Å². The van der Waals surface area contributed by atoms with Gasteiger partial charge in [-0.15, -0.1) is 6.42 Å². The first-order chi connectivity index (χ1) is 13.2. The molecule has 0 saturated heterocycles. The van der Waals surface area contributed by atoms with Crippen LogP contribution in [0.15, 0.2) is 12.7 Å². The van der Waals surface area contributed by atoms with E-state index in [0.717, 1.165) is 20.2 Å². The number of imidazole rings is 1. The van der Waals surface area contributed by atoms with E-state index in [2.05, 4.69) is 19.7 Å². The van der Waals surface area contributed by atoms with E-state index in [1.54, 1.807) is 0 Å². The number of nitrogen functional groups attached to an aromatic ring is 1. The zero-order chi connectivity index (χ0) is 20.9. The van der Waals surface area contributed by atoms with Crippen LogP contribution in [0.3, 0.4) is 0 Å². The molecule has 0 fully saturated rings. The lowest BCUT2D eigenvalue weighted by Crippen LogP contribution is -2.48. The molecule has 150 valence electrons. The van der Waals surface area contributed by atoms with E-state index in [1.165, 1.54) is 10.9 Å². The zero-order valence-electron chi connectivity index (χ0n) is 15.0. The number of terminal acetylenes is 1. The van der Waals surface area contributed by atoms with Crippen LogP contribution in [0.25, 0.3) is 11.2 Å². The number of carbonyl (C=O) groups excluding carboxylic acids is 2. The first-order valence-corrected chi connectivity index (χ1v) is 7.89. The van der Waals surface area contributed by atoms with Crippen molar-refractivity contribution in [2.24, 2.45) is 0 Å². The van der Waals surface area contributed by atoms with Crippen LogP contribution >= 0.6 is 0 Å². The standard InChI is InChI=1S/C16H18FN5O6/c1-4-11(27-10(3)25)16(17,6-26-9(2)24)28-12(5-23)22-8-21-13-14(18)19-7-20-15(13)22/h1,7-8,11-12,23H,5-6H2,2-3H3,(H2,18,19,20)/t11-,12+,16+/m0/s1. The lowest BCUT2D eigenvalue weighted by atomic mass is 10.2. The number of halogens is 1. The number of anilines is 1. The number of alkyl halides is 1. The van der Waals surface area contributed by atoms with Crippen LogP contribution in [0.4, 0.5) is 10.2 Å². The number of fused-ring (bicyclic) bond motifs is 1. The second-order valence-electron chi connectivity index (χ2n) is 5.56. The molecule has 0 aliphatic heterocycles. The molecule has 0 aromatic carbocycles. The molecule has 0 aliphatic carbocycles. The molecule has 2 aromatic rings. The summed E-state index contributed by atoms with van der Waals surface area (Å²) in [5.74, 6) is -2.69. The Morgan fingerprint density at radius 1 is 1.39 bits per heavy atom. The maximum Gasteiger partial charge on any atom is 0.304 e. The van der Waals surface area contributed by atoms with Crippen LogP contribution in [-0.4, -0.2) is 61.7 Å². The molecule has 0 amide bonds. The largest absolute Gasteiger partial charge is 0.460 e. The van der Waals surface area contributed by atoms with Gasteiger partial charge >= 0.3 is 11.9 Å². The lowest BCUT2D eigenvalue weighted by Gasteiger charge is -2.32. The van der Waals surface area contributed by atoms with Crippen molar-refractivity contribution in [2.75, 3.05) is 18.9 Å². The van der Waals surface area contributed by atoms with Gasteiger partial charge < -0.3 is 25.1 Å². The maximum atomic E-state index is 15.6. The predicted molar refractivity (Wildman–Crippen MR) is 91.8 cm³/mol. The molecule has 3 N–H and O–H groups in total. The monoisotopic (exact) mass is 395 g/mol. The summed E-state index contributed by atoms with van der Waals surface area (Å²) in [5, 5.41) is 9.72. The van der Waals surface area contributed by atoms with Crippen molar-refractivity contribution in [1.29, 1.82) is 0 Å². The normalized spacial score (nSPS) is 15.2. The van der Waals surface area contributed by atoms with Crippen molar-refractivity contribution < 1.29 is 33.3 Å². The number of aliphatic hydroxyl groups excluding tert-OH is 1. The fourth-order valence-electron chi connectivity index (χ4n) is 2.27. The summed E-state index contributed by atoms with van der Waals surface area (Å²) < 4.78 is 31.4. The fraction of sp³-hybridized carbons (Fsp3) is 0.438. The Balaban J connectivity index is 2.41. The quantitative estimate of drug-likeness (QED) is 0.450. The molecule has 12 heteroatoms. The molecule has 0 bridgehead atoms. The van der Waals surface area contributed by atoms with Gasteiger partial charge in [-0.1, -0.05) is 5.92 Å². The van der Waals surface area contributed by atoms with Crippen molar-refractivity contribution in [2.45, 2.75) is 32.0 Å². The van der Waals surface area contributed by atoms with Gasteiger partial charge in [-0.05, 0) is 0 Å². The SMILES string of the molecule is C#C[C@H](OC(C)=O)[C@@](F)(COC(C)=O)O[C@H](CO)n1cnc2c(N)ncnc21. The highest BCUT2D eigenvalue weighted by molar-refractivity contribution is 5.81. The van der Waals surface area contributed by atoms with Crippen molar-refractivity contribution in [3.05, 3.63) is 12.7 Å². The number of hydrogen-bond donors (Lipinski definition) is 2. The summed E-state index contributed by atoms with van der Waals surface area (Å²) in [6.07, 6.45) is 4.30. The Labute approximate surface area is 158 Å². The fourth-order valence-corrected chi connectivity index (χ4v) is 2.27. The van der Waals surface area contributed by atoms with Crippen LogP contribution in [0.2, 0.25) is 0 Å².